The predicted molar refractivity (Wildman–Crippen MR) is 117 cm³/mol. The van der Waals surface area contributed by atoms with Gasteiger partial charge in [-0.05, 0) is 0 Å². The molecule has 1 N–H and O–H groups in total. The Morgan fingerprint density at radius 3 is 1.69 bits per heavy atom. The van der Waals surface area contributed by atoms with E-state index in [2.05, 4.69) is 60.7 Å². The summed E-state index contributed by atoms with van der Waals surface area (Å²) in [6.45, 7) is 2.49. The molecule has 0 saturated heterocycles. The summed E-state index contributed by atoms with van der Waals surface area (Å²) in [6.07, 6.45) is 1.61. The SMILES string of the molecule is CCO[PH](O)(CCP(c1ccccc1)c1ccccc1)c1ccccc1. The monoisotopic (exact) mass is 384 g/mol. The molecule has 0 bridgehead atoms. The maximum atomic E-state index is 11.4. The van der Waals surface area contributed by atoms with Gasteiger partial charge in [0.2, 0.25) is 0 Å². The second-order valence-corrected chi connectivity index (χ2v) is 11.4. The van der Waals surface area contributed by atoms with Crippen LogP contribution in [0.2, 0.25) is 0 Å². The average molecular weight is 384 g/mol. The van der Waals surface area contributed by atoms with Crippen LogP contribution >= 0.6 is 15.6 Å². The molecule has 3 rings (SSSR count). The van der Waals surface area contributed by atoms with Crippen molar-refractivity contribution in [2.45, 2.75) is 6.92 Å². The van der Waals surface area contributed by atoms with Crippen molar-refractivity contribution in [2.24, 2.45) is 0 Å². The standard InChI is InChI=1S/C22H26O2P2/c1-2-24-26(23,22-16-10-5-11-17-22)19-18-25(20-12-6-3-7-13-20)21-14-8-4-9-15-21/h3-17,23,26H,2,18-19H2,1H3. The fourth-order valence-electron chi connectivity index (χ4n) is 3.12. The zero-order chi connectivity index (χ0) is 18.2. The average Bonchev–Trinajstić information content (AvgIpc) is 2.71. The van der Waals surface area contributed by atoms with Crippen molar-refractivity contribution < 1.29 is 9.42 Å². The summed E-state index contributed by atoms with van der Waals surface area (Å²) < 4.78 is 5.94. The number of hydrogen-bond donors (Lipinski definition) is 1. The maximum absolute atomic E-state index is 11.4. The van der Waals surface area contributed by atoms with Crippen LogP contribution in [-0.4, -0.2) is 23.8 Å². The summed E-state index contributed by atoms with van der Waals surface area (Å²) in [4.78, 5) is 11.4. The third-order valence-electron chi connectivity index (χ3n) is 4.42. The van der Waals surface area contributed by atoms with E-state index in [1.807, 2.05) is 37.3 Å². The van der Waals surface area contributed by atoms with Crippen molar-refractivity contribution in [3.05, 3.63) is 91.0 Å². The Hall–Kier alpha value is -1.56. The van der Waals surface area contributed by atoms with Crippen LogP contribution in [0.5, 0.6) is 0 Å². The van der Waals surface area contributed by atoms with Crippen molar-refractivity contribution in [1.82, 2.24) is 0 Å². The Morgan fingerprint density at radius 2 is 1.23 bits per heavy atom. The Kier molecular flexibility index (Phi) is 6.94. The fourth-order valence-corrected chi connectivity index (χ4v) is 8.90. The quantitative estimate of drug-likeness (QED) is 0.594. The first-order valence-electron chi connectivity index (χ1n) is 9.02. The van der Waals surface area contributed by atoms with Crippen LogP contribution in [0.4, 0.5) is 0 Å². The molecule has 0 fully saturated rings. The molecule has 0 aromatic heterocycles. The third-order valence-corrected chi connectivity index (χ3v) is 10.3. The predicted octanol–water partition coefficient (Wildman–Crippen LogP) is 4.05. The second kappa shape index (κ2) is 9.40. The van der Waals surface area contributed by atoms with Gasteiger partial charge in [-0.15, -0.1) is 0 Å². The third kappa shape index (κ3) is 4.78. The van der Waals surface area contributed by atoms with Crippen molar-refractivity contribution >= 4 is 31.6 Å². The Morgan fingerprint density at radius 1 is 0.769 bits per heavy atom. The summed E-state index contributed by atoms with van der Waals surface area (Å²) in [6, 6.07) is 31.2. The minimum atomic E-state index is -2.94. The van der Waals surface area contributed by atoms with Crippen molar-refractivity contribution in [3.63, 3.8) is 0 Å². The number of hydrogen-bond acceptors (Lipinski definition) is 2. The summed E-state index contributed by atoms with van der Waals surface area (Å²) in [7, 11) is -3.46. The van der Waals surface area contributed by atoms with Crippen molar-refractivity contribution in [1.29, 1.82) is 0 Å². The molecule has 2 nitrogen and oxygen atoms in total. The van der Waals surface area contributed by atoms with Crippen LogP contribution in [0.3, 0.4) is 0 Å². The molecule has 0 heterocycles. The van der Waals surface area contributed by atoms with Gasteiger partial charge >= 0.3 is 158 Å². The van der Waals surface area contributed by atoms with Gasteiger partial charge in [-0.3, -0.25) is 0 Å². The minimum absolute atomic E-state index is 0.522. The van der Waals surface area contributed by atoms with E-state index in [1.54, 1.807) is 0 Å². The van der Waals surface area contributed by atoms with Gasteiger partial charge < -0.3 is 0 Å². The molecule has 3 aromatic rings. The van der Waals surface area contributed by atoms with E-state index in [-0.39, 0.29) is 0 Å². The van der Waals surface area contributed by atoms with E-state index < -0.39 is 15.6 Å². The van der Waals surface area contributed by atoms with Crippen LogP contribution in [0.1, 0.15) is 6.92 Å². The Balaban J connectivity index is 1.87. The first kappa shape index (κ1) is 19.2. The molecule has 4 heteroatoms. The topological polar surface area (TPSA) is 29.5 Å². The van der Waals surface area contributed by atoms with Gasteiger partial charge in [0.15, 0.2) is 0 Å². The fraction of sp³-hybridized carbons (Fsp3) is 0.182. The van der Waals surface area contributed by atoms with E-state index in [1.165, 1.54) is 10.6 Å². The van der Waals surface area contributed by atoms with Gasteiger partial charge in [-0.2, -0.15) is 0 Å². The van der Waals surface area contributed by atoms with E-state index in [4.69, 9.17) is 4.52 Å². The van der Waals surface area contributed by atoms with Gasteiger partial charge in [0.05, 0.1) is 0 Å². The molecule has 3 aromatic carbocycles. The first-order valence-corrected chi connectivity index (χ1v) is 12.6. The number of rotatable bonds is 8. The van der Waals surface area contributed by atoms with E-state index in [0.29, 0.717) is 12.8 Å². The molecule has 0 atom stereocenters. The molecular formula is C22H26O2P2. The zero-order valence-electron chi connectivity index (χ0n) is 15.1. The molecule has 0 aliphatic carbocycles. The summed E-state index contributed by atoms with van der Waals surface area (Å²) in [5.41, 5.74) is 0. The molecule has 0 radical (unpaired) electrons. The molecule has 136 valence electrons. The molecule has 0 spiro atoms. The molecule has 0 aliphatic heterocycles. The Bertz CT molecular complexity index is 742. The second-order valence-electron chi connectivity index (χ2n) is 6.16. The van der Waals surface area contributed by atoms with Gasteiger partial charge in [-0.1, -0.05) is 0 Å². The zero-order valence-corrected chi connectivity index (χ0v) is 17.0. The number of benzene rings is 3. The van der Waals surface area contributed by atoms with Crippen LogP contribution in [-0.2, 0) is 4.52 Å². The summed E-state index contributed by atoms with van der Waals surface area (Å²) in [5, 5.41) is 3.64. The van der Waals surface area contributed by atoms with Crippen LogP contribution in [0, 0.1) is 0 Å². The van der Waals surface area contributed by atoms with E-state index in [0.717, 1.165) is 11.5 Å². The summed E-state index contributed by atoms with van der Waals surface area (Å²) in [5.74, 6) is 0. The normalized spacial score (nSPS) is 12.3. The van der Waals surface area contributed by atoms with Gasteiger partial charge in [0.1, 0.15) is 0 Å². The summed E-state index contributed by atoms with van der Waals surface area (Å²) >= 11 is 0. The molecule has 0 aliphatic rings. The van der Waals surface area contributed by atoms with Gasteiger partial charge in [-0.25, -0.2) is 0 Å². The van der Waals surface area contributed by atoms with Crippen LogP contribution < -0.4 is 15.9 Å². The molecule has 26 heavy (non-hydrogen) atoms. The first-order chi connectivity index (χ1) is 12.7. The molecule has 0 unspecified atom stereocenters. The molecule has 0 amide bonds. The molecule has 0 saturated carbocycles. The Labute approximate surface area is 158 Å². The van der Waals surface area contributed by atoms with Crippen molar-refractivity contribution in [2.75, 3.05) is 18.9 Å². The van der Waals surface area contributed by atoms with Gasteiger partial charge in [0, 0.05) is 0 Å². The van der Waals surface area contributed by atoms with Crippen LogP contribution in [0.25, 0.3) is 0 Å². The van der Waals surface area contributed by atoms with E-state index >= 15 is 0 Å². The van der Waals surface area contributed by atoms with Crippen LogP contribution in [0.15, 0.2) is 91.0 Å². The van der Waals surface area contributed by atoms with E-state index in [9.17, 15) is 4.89 Å². The molecular weight excluding hydrogens is 358 g/mol. The van der Waals surface area contributed by atoms with Crippen molar-refractivity contribution in [3.8, 4) is 0 Å². The van der Waals surface area contributed by atoms with Gasteiger partial charge in [0.25, 0.3) is 0 Å².